The maximum absolute atomic E-state index is 6.44. The molecule has 0 aromatic carbocycles. The van der Waals surface area contributed by atoms with Crippen LogP contribution in [0.4, 0.5) is 0 Å². The molecule has 1 heterocycles. The van der Waals surface area contributed by atoms with Crippen molar-refractivity contribution in [3.63, 3.8) is 0 Å². The van der Waals surface area contributed by atoms with Gasteiger partial charge in [-0.1, -0.05) is 27.2 Å². The van der Waals surface area contributed by atoms with Gasteiger partial charge in [0, 0.05) is 12.2 Å². The lowest BCUT2D eigenvalue weighted by Gasteiger charge is -2.43. The second-order valence-corrected chi connectivity index (χ2v) is 6.75. The maximum atomic E-state index is 6.44. The average Bonchev–Trinajstić information content (AvgIpc) is 2.39. The van der Waals surface area contributed by atoms with Gasteiger partial charge >= 0.3 is 0 Å². The van der Waals surface area contributed by atoms with Gasteiger partial charge in [0.25, 0.3) is 0 Å². The van der Waals surface area contributed by atoms with E-state index in [1.165, 1.54) is 18.4 Å². The fraction of sp³-hybridized carbons (Fsp3) is 0.706. The highest BCUT2D eigenvalue weighted by molar-refractivity contribution is 5.30. The molecule has 3 atom stereocenters. The Labute approximate surface area is 122 Å². The van der Waals surface area contributed by atoms with Crippen molar-refractivity contribution in [2.45, 2.75) is 58.4 Å². The van der Waals surface area contributed by atoms with Crippen LogP contribution in [0.25, 0.3) is 0 Å². The lowest BCUT2D eigenvalue weighted by atomic mass is 9.64. The fourth-order valence-electron chi connectivity index (χ4n) is 3.55. The van der Waals surface area contributed by atoms with Gasteiger partial charge < -0.3 is 10.5 Å². The van der Waals surface area contributed by atoms with Gasteiger partial charge in [-0.3, -0.25) is 4.98 Å². The summed E-state index contributed by atoms with van der Waals surface area (Å²) in [7, 11) is 0. The number of hydrogen-bond acceptors (Lipinski definition) is 3. The Balaban J connectivity index is 2.22. The van der Waals surface area contributed by atoms with E-state index in [1.54, 1.807) is 6.20 Å². The fourth-order valence-corrected chi connectivity index (χ4v) is 3.55. The molecule has 0 bridgehead atoms. The van der Waals surface area contributed by atoms with Crippen LogP contribution in [0.1, 0.15) is 52.5 Å². The predicted molar refractivity (Wildman–Crippen MR) is 82.9 cm³/mol. The van der Waals surface area contributed by atoms with Gasteiger partial charge in [0.2, 0.25) is 0 Å². The van der Waals surface area contributed by atoms with E-state index in [-0.39, 0.29) is 11.5 Å². The van der Waals surface area contributed by atoms with Crippen molar-refractivity contribution in [1.29, 1.82) is 0 Å². The van der Waals surface area contributed by atoms with Crippen LogP contribution >= 0.6 is 0 Å². The third-order valence-electron chi connectivity index (χ3n) is 4.86. The van der Waals surface area contributed by atoms with Crippen LogP contribution in [0.3, 0.4) is 0 Å². The van der Waals surface area contributed by atoms with Crippen molar-refractivity contribution in [2.75, 3.05) is 6.61 Å². The van der Waals surface area contributed by atoms with Crippen molar-refractivity contribution < 1.29 is 4.74 Å². The third kappa shape index (κ3) is 3.14. The van der Waals surface area contributed by atoms with Gasteiger partial charge in [0.05, 0.1) is 12.8 Å². The number of pyridine rings is 1. The molecule has 112 valence electrons. The van der Waals surface area contributed by atoms with E-state index < -0.39 is 0 Å². The Hall–Kier alpha value is -1.09. The summed E-state index contributed by atoms with van der Waals surface area (Å²) in [5, 5.41) is 0. The number of nitrogens with zero attached hydrogens (tertiary/aromatic N) is 1. The first-order chi connectivity index (χ1) is 9.45. The van der Waals surface area contributed by atoms with Crippen LogP contribution in [0.15, 0.2) is 18.5 Å². The van der Waals surface area contributed by atoms with Crippen LogP contribution in [0, 0.1) is 11.8 Å². The van der Waals surface area contributed by atoms with E-state index in [9.17, 15) is 0 Å². The van der Waals surface area contributed by atoms with Gasteiger partial charge in [-0.25, -0.2) is 0 Å². The van der Waals surface area contributed by atoms with Gasteiger partial charge in [0.15, 0.2) is 0 Å². The second kappa shape index (κ2) is 6.13. The Morgan fingerprint density at radius 2 is 2.10 bits per heavy atom. The van der Waals surface area contributed by atoms with E-state index in [0.717, 1.165) is 18.1 Å². The molecule has 3 heteroatoms. The van der Waals surface area contributed by atoms with Crippen LogP contribution in [0.2, 0.25) is 0 Å². The normalized spacial score (nSPS) is 27.4. The Bertz CT molecular complexity index is 444. The minimum atomic E-state index is 0.0413. The van der Waals surface area contributed by atoms with Gasteiger partial charge in [-0.05, 0) is 48.6 Å². The molecule has 20 heavy (non-hydrogen) atoms. The molecule has 2 N–H and O–H groups in total. The van der Waals surface area contributed by atoms with Gasteiger partial charge in [-0.15, -0.1) is 0 Å². The summed E-state index contributed by atoms with van der Waals surface area (Å²) in [6, 6.07) is 2.41. The Morgan fingerprint density at radius 1 is 1.35 bits per heavy atom. The molecular weight excluding hydrogens is 248 g/mol. The average molecular weight is 276 g/mol. The zero-order valence-electron chi connectivity index (χ0n) is 13.2. The SMILES string of the molecule is CCOc1cncc(C(C)(C)C2CCC(C)CC2N)c1. The molecule has 3 nitrogen and oxygen atoms in total. The van der Waals surface area contributed by atoms with Gasteiger partial charge in [0.1, 0.15) is 5.75 Å². The van der Waals surface area contributed by atoms with Crippen molar-refractivity contribution in [3.05, 3.63) is 24.0 Å². The van der Waals surface area contributed by atoms with Crippen LogP contribution in [0.5, 0.6) is 5.75 Å². The molecule has 1 saturated carbocycles. The van der Waals surface area contributed by atoms with Crippen molar-refractivity contribution in [1.82, 2.24) is 4.98 Å². The van der Waals surface area contributed by atoms with E-state index in [4.69, 9.17) is 10.5 Å². The monoisotopic (exact) mass is 276 g/mol. The summed E-state index contributed by atoms with van der Waals surface area (Å²) in [5.41, 5.74) is 7.71. The first-order valence-electron chi connectivity index (χ1n) is 7.79. The summed E-state index contributed by atoms with van der Waals surface area (Å²) < 4.78 is 5.58. The molecule has 1 aromatic rings. The number of ether oxygens (including phenoxy) is 1. The minimum absolute atomic E-state index is 0.0413. The van der Waals surface area contributed by atoms with Gasteiger partial charge in [-0.2, -0.15) is 0 Å². The summed E-state index contributed by atoms with van der Waals surface area (Å²) in [6.45, 7) is 9.56. The molecule has 0 amide bonds. The smallest absolute Gasteiger partial charge is 0.137 e. The summed E-state index contributed by atoms with van der Waals surface area (Å²) in [6.07, 6.45) is 7.36. The van der Waals surface area contributed by atoms with E-state index in [0.29, 0.717) is 12.5 Å². The molecule has 0 radical (unpaired) electrons. The highest BCUT2D eigenvalue weighted by atomic mass is 16.5. The topological polar surface area (TPSA) is 48.1 Å². The maximum Gasteiger partial charge on any atom is 0.137 e. The van der Waals surface area contributed by atoms with Crippen molar-refractivity contribution in [3.8, 4) is 5.75 Å². The lowest BCUT2D eigenvalue weighted by molar-refractivity contribution is 0.170. The van der Waals surface area contributed by atoms with E-state index >= 15 is 0 Å². The van der Waals surface area contributed by atoms with E-state index in [2.05, 4.69) is 31.8 Å². The van der Waals surface area contributed by atoms with Crippen LogP contribution in [-0.4, -0.2) is 17.6 Å². The number of hydrogen-bond donors (Lipinski definition) is 1. The molecule has 2 rings (SSSR count). The largest absolute Gasteiger partial charge is 0.492 e. The number of rotatable bonds is 4. The van der Waals surface area contributed by atoms with E-state index in [1.807, 2.05) is 13.1 Å². The zero-order valence-corrected chi connectivity index (χ0v) is 13.2. The Morgan fingerprint density at radius 3 is 2.75 bits per heavy atom. The molecule has 0 aliphatic heterocycles. The number of aromatic nitrogens is 1. The van der Waals surface area contributed by atoms with Crippen molar-refractivity contribution >= 4 is 0 Å². The highest BCUT2D eigenvalue weighted by Gasteiger charge is 2.38. The lowest BCUT2D eigenvalue weighted by Crippen LogP contribution is -2.45. The number of nitrogens with two attached hydrogens (primary N) is 1. The standard InChI is InChI=1S/C17H28N2O/c1-5-20-14-9-13(10-19-11-14)17(3,4)15-7-6-12(2)8-16(15)18/h9-12,15-16H,5-8,18H2,1-4H3. The minimum Gasteiger partial charge on any atom is -0.492 e. The van der Waals surface area contributed by atoms with Crippen LogP contribution < -0.4 is 10.5 Å². The summed E-state index contributed by atoms with van der Waals surface area (Å²) in [4.78, 5) is 4.34. The first-order valence-corrected chi connectivity index (χ1v) is 7.79. The van der Waals surface area contributed by atoms with Crippen LogP contribution in [-0.2, 0) is 5.41 Å². The molecular formula is C17H28N2O. The predicted octanol–water partition coefficient (Wildman–Crippen LogP) is 3.52. The van der Waals surface area contributed by atoms with Crippen molar-refractivity contribution in [2.24, 2.45) is 17.6 Å². The second-order valence-electron chi connectivity index (χ2n) is 6.75. The molecule has 3 unspecified atom stereocenters. The zero-order chi connectivity index (χ0) is 14.8. The molecule has 1 aliphatic carbocycles. The first kappa shape index (κ1) is 15.3. The third-order valence-corrected chi connectivity index (χ3v) is 4.86. The molecule has 0 spiro atoms. The molecule has 1 aromatic heterocycles. The summed E-state index contributed by atoms with van der Waals surface area (Å²) in [5.74, 6) is 2.12. The molecule has 1 fully saturated rings. The molecule has 0 saturated heterocycles. The summed E-state index contributed by atoms with van der Waals surface area (Å²) >= 11 is 0. The Kier molecular flexibility index (Phi) is 4.69. The molecule has 1 aliphatic rings. The quantitative estimate of drug-likeness (QED) is 0.915. The highest BCUT2D eigenvalue weighted by Crippen LogP contribution is 2.42.